The topological polar surface area (TPSA) is 12.9 Å². The molecule has 0 unspecified atom stereocenters. The molecule has 3 aromatic rings. The number of thiazole rings is 1. The predicted molar refractivity (Wildman–Crippen MR) is 69.5 cm³/mol. The summed E-state index contributed by atoms with van der Waals surface area (Å²) in [4.78, 5) is 4.46. The fourth-order valence-corrected chi connectivity index (χ4v) is 2.80. The van der Waals surface area contributed by atoms with Gasteiger partial charge in [0, 0.05) is 5.56 Å². The smallest absolute Gasteiger partial charge is 0.133 e. The van der Waals surface area contributed by atoms with Crippen molar-refractivity contribution >= 4 is 21.6 Å². The molecule has 1 aromatic heterocycles. The normalized spacial score (nSPS) is 10.9. The van der Waals surface area contributed by atoms with Crippen LogP contribution in [-0.4, -0.2) is 4.98 Å². The van der Waals surface area contributed by atoms with Crippen LogP contribution in [0, 0.1) is 12.7 Å². The number of nitrogens with zero attached hydrogens (tertiary/aromatic N) is 1. The third-order valence-electron chi connectivity index (χ3n) is 2.61. The summed E-state index contributed by atoms with van der Waals surface area (Å²) < 4.78 is 14.7. The first-order chi connectivity index (χ1) is 8.25. The fourth-order valence-electron chi connectivity index (χ4n) is 1.76. The Morgan fingerprint density at radius 1 is 1.06 bits per heavy atom. The van der Waals surface area contributed by atoms with Crippen molar-refractivity contribution in [2.24, 2.45) is 0 Å². The number of rotatable bonds is 1. The lowest BCUT2D eigenvalue weighted by molar-refractivity contribution is 0.631. The molecule has 0 aliphatic rings. The van der Waals surface area contributed by atoms with Crippen LogP contribution in [0.15, 0.2) is 42.5 Å². The third-order valence-corrected chi connectivity index (χ3v) is 3.66. The zero-order valence-corrected chi connectivity index (χ0v) is 9.80. The van der Waals surface area contributed by atoms with E-state index in [-0.39, 0.29) is 5.82 Å². The van der Waals surface area contributed by atoms with Gasteiger partial charge in [-0.25, -0.2) is 9.37 Å². The summed E-state index contributed by atoms with van der Waals surface area (Å²) in [6, 6.07) is 12.5. The summed E-state index contributed by atoms with van der Waals surface area (Å²) in [5.41, 5.74) is 2.28. The molecule has 0 fully saturated rings. The van der Waals surface area contributed by atoms with Gasteiger partial charge in [0.25, 0.3) is 0 Å². The summed E-state index contributed by atoms with van der Waals surface area (Å²) in [5, 5.41) is 0.703. The lowest BCUT2D eigenvalue weighted by atomic mass is 10.2. The molecule has 1 nitrogen and oxygen atoms in total. The van der Waals surface area contributed by atoms with Gasteiger partial charge in [0.05, 0.1) is 10.2 Å². The molecule has 2 aromatic carbocycles. The van der Waals surface area contributed by atoms with Gasteiger partial charge >= 0.3 is 0 Å². The maximum Gasteiger partial charge on any atom is 0.133 e. The van der Waals surface area contributed by atoms with Gasteiger partial charge < -0.3 is 0 Å². The molecule has 0 aliphatic heterocycles. The number of hydrogen-bond donors (Lipinski definition) is 0. The van der Waals surface area contributed by atoms with Crippen LogP contribution in [0.1, 0.15) is 5.56 Å². The van der Waals surface area contributed by atoms with Crippen LogP contribution in [0.3, 0.4) is 0 Å². The van der Waals surface area contributed by atoms with E-state index in [0.29, 0.717) is 10.6 Å². The molecule has 0 spiro atoms. The minimum Gasteiger partial charge on any atom is -0.236 e. The van der Waals surface area contributed by atoms with E-state index in [1.54, 1.807) is 12.1 Å². The van der Waals surface area contributed by atoms with Gasteiger partial charge in [-0.05, 0) is 30.7 Å². The number of benzene rings is 2. The highest BCUT2D eigenvalue weighted by atomic mass is 32.1. The van der Waals surface area contributed by atoms with Crippen LogP contribution in [0.4, 0.5) is 4.39 Å². The maximum atomic E-state index is 13.7. The van der Waals surface area contributed by atoms with Crippen molar-refractivity contribution in [1.29, 1.82) is 0 Å². The van der Waals surface area contributed by atoms with E-state index < -0.39 is 0 Å². The largest absolute Gasteiger partial charge is 0.236 e. The number of halogens is 1. The fraction of sp³-hybridized carbons (Fsp3) is 0. The molecule has 83 valence electrons. The highest BCUT2D eigenvalue weighted by Crippen LogP contribution is 2.32. The van der Waals surface area contributed by atoms with Gasteiger partial charge in [-0.1, -0.05) is 24.3 Å². The van der Waals surface area contributed by atoms with Crippen molar-refractivity contribution in [2.45, 2.75) is 0 Å². The first-order valence-corrected chi connectivity index (χ1v) is 6.04. The lowest BCUT2D eigenvalue weighted by Crippen LogP contribution is -1.82. The molecule has 0 saturated carbocycles. The molecular weight excluding hydrogens is 233 g/mol. The molecule has 0 saturated heterocycles. The minimum absolute atomic E-state index is 0.239. The zero-order valence-electron chi connectivity index (χ0n) is 8.98. The molecule has 3 heteroatoms. The molecule has 0 bridgehead atoms. The SMILES string of the molecule is [CH2]c1cccc2sc(-c3ccccc3F)nc12. The van der Waals surface area contributed by atoms with Crippen molar-refractivity contribution in [3.05, 3.63) is 60.8 Å². The van der Waals surface area contributed by atoms with Gasteiger partial charge in [-0.3, -0.25) is 0 Å². The van der Waals surface area contributed by atoms with Crippen LogP contribution < -0.4 is 0 Å². The Bertz CT molecular complexity index is 688. The highest BCUT2D eigenvalue weighted by Gasteiger charge is 2.10. The summed E-state index contributed by atoms with van der Waals surface area (Å²) >= 11 is 1.49. The van der Waals surface area contributed by atoms with Gasteiger partial charge in [-0.15, -0.1) is 11.3 Å². The molecule has 1 radical (unpaired) electrons. The van der Waals surface area contributed by atoms with Crippen molar-refractivity contribution < 1.29 is 4.39 Å². The Morgan fingerprint density at radius 3 is 2.65 bits per heavy atom. The Labute approximate surface area is 103 Å². The second kappa shape index (κ2) is 3.93. The Morgan fingerprint density at radius 2 is 1.88 bits per heavy atom. The standard InChI is InChI=1S/C14H9FNS/c1-9-5-4-8-12-13(9)16-14(17-12)10-6-2-3-7-11(10)15/h2-8H,1H2. The monoisotopic (exact) mass is 242 g/mol. The minimum atomic E-state index is -0.239. The molecule has 0 N–H and O–H groups in total. The van der Waals surface area contributed by atoms with Gasteiger partial charge in [0.1, 0.15) is 10.8 Å². The molecule has 0 atom stereocenters. The average molecular weight is 242 g/mol. The van der Waals surface area contributed by atoms with Crippen molar-refractivity contribution in [3.8, 4) is 10.6 Å². The number of hydrogen-bond acceptors (Lipinski definition) is 2. The number of aromatic nitrogens is 1. The Balaban J connectivity index is 2.26. The van der Waals surface area contributed by atoms with E-state index in [9.17, 15) is 4.39 Å². The number of fused-ring (bicyclic) bond motifs is 1. The van der Waals surface area contributed by atoms with Gasteiger partial charge in [-0.2, -0.15) is 0 Å². The maximum absolute atomic E-state index is 13.7. The second-order valence-electron chi connectivity index (χ2n) is 3.76. The van der Waals surface area contributed by atoms with E-state index in [2.05, 4.69) is 11.9 Å². The van der Waals surface area contributed by atoms with Crippen molar-refractivity contribution in [1.82, 2.24) is 4.98 Å². The molecule has 0 amide bonds. The quantitative estimate of drug-likeness (QED) is 0.620. The van der Waals surface area contributed by atoms with Gasteiger partial charge in [0.2, 0.25) is 0 Å². The molecule has 3 rings (SSSR count). The van der Waals surface area contributed by atoms with E-state index in [1.165, 1.54) is 17.4 Å². The molecule has 0 aliphatic carbocycles. The van der Waals surface area contributed by atoms with E-state index in [4.69, 9.17) is 0 Å². The first kappa shape index (κ1) is 10.4. The van der Waals surface area contributed by atoms with Crippen LogP contribution in [-0.2, 0) is 0 Å². The van der Waals surface area contributed by atoms with E-state index in [0.717, 1.165) is 15.8 Å². The zero-order chi connectivity index (χ0) is 11.8. The van der Waals surface area contributed by atoms with Crippen LogP contribution in [0.5, 0.6) is 0 Å². The lowest BCUT2D eigenvalue weighted by Gasteiger charge is -1.96. The second-order valence-corrected chi connectivity index (χ2v) is 4.79. The molecular formula is C14H9FNS. The summed E-state index contributed by atoms with van der Waals surface area (Å²) in [6.45, 7) is 3.93. The van der Waals surface area contributed by atoms with Crippen molar-refractivity contribution in [2.75, 3.05) is 0 Å². The Hall–Kier alpha value is -1.74. The van der Waals surface area contributed by atoms with Gasteiger partial charge in [0.15, 0.2) is 0 Å². The molecule has 1 heterocycles. The van der Waals surface area contributed by atoms with E-state index >= 15 is 0 Å². The van der Waals surface area contributed by atoms with Crippen molar-refractivity contribution in [3.63, 3.8) is 0 Å². The summed E-state index contributed by atoms with van der Waals surface area (Å²) in [7, 11) is 0. The summed E-state index contributed by atoms with van der Waals surface area (Å²) in [5.74, 6) is -0.239. The third kappa shape index (κ3) is 1.72. The van der Waals surface area contributed by atoms with Crippen LogP contribution >= 0.6 is 11.3 Å². The van der Waals surface area contributed by atoms with Crippen LogP contribution in [0.25, 0.3) is 20.8 Å². The van der Waals surface area contributed by atoms with Crippen LogP contribution in [0.2, 0.25) is 0 Å². The Kier molecular flexibility index (Phi) is 2.41. The summed E-state index contributed by atoms with van der Waals surface area (Å²) in [6.07, 6.45) is 0. The predicted octanol–water partition coefficient (Wildman–Crippen LogP) is 4.28. The average Bonchev–Trinajstić information content (AvgIpc) is 2.75. The number of para-hydroxylation sites is 1. The highest BCUT2D eigenvalue weighted by molar-refractivity contribution is 7.21. The molecule has 17 heavy (non-hydrogen) atoms. The van der Waals surface area contributed by atoms with E-state index in [1.807, 2.05) is 24.3 Å². The first-order valence-electron chi connectivity index (χ1n) is 5.22.